The molecule has 0 aliphatic rings. The van der Waals surface area contributed by atoms with Gasteiger partial charge in [-0.25, -0.2) is 0 Å². The van der Waals surface area contributed by atoms with E-state index in [0.717, 1.165) is 0 Å². The van der Waals surface area contributed by atoms with Crippen LogP contribution in [0.5, 0.6) is 0 Å². The van der Waals surface area contributed by atoms with Gasteiger partial charge in [0, 0.05) is 26.6 Å². The molecule has 1 atom stereocenters. The third kappa shape index (κ3) is 10.8. The minimum absolute atomic E-state index is 0.0528. The van der Waals surface area contributed by atoms with E-state index in [2.05, 4.69) is 5.32 Å². The Balaban J connectivity index is 5.03. The zero-order valence-corrected chi connectivity index (χ0v) is 24.8. The first-order valence-corrected chi connectivity index (χ1v) is 13.2. The van der Waals surface area contributed by atoms with E-state index >= 15 is 0 Å². The SMILES string of the molecule is COCCOCCOCCOCC(=O)NCC(N)C(=O)NCCCC(F)(F)C(F)(F)C(F)(F)C(F)(F)C(F)(F)C(F)(F)C(F)(F)C(F)(F)F. The van der Waals surface area contributed by atoms with Crippen molar-refractivity contribution >= 4 is 11.8 Å². The van der Waals surface area contributed by atoms with Crippen molar-refractivity contribution in [1.82, 2.24) is 10.6 Å². The molecule has 0 radical (unpaired) electrons. The van der Waals surface area contributed by atoms with Crippen LogP contribution < -0.4 is 16.4 Å². The van der Waals surface area contributed by atoms with Gasteiger partial charge in [0.05, 0.1) is 39.6 Å². The molecule has 1 unspecified atom stereocenters. The number of halogens is 17. The summed E-state index contributed by atoms with van der Waals surface area (Å²) in [5, 5.41) is 3.74. The highest BCUT2D eigenvalue weighted by molar-refractivity contribution is 5.83. The molecule has 26 heteroatoms. The van der Waals surface area contributed by atoms with Crippen LogP contribution in [0.25, 0.3) is 0 Å². The molecule has 0 saturated heterocycles. The average molecular weight is 767 g/mol. The van der Waals surface area contributed by atoms with Gasteiger partial charge in [0.1, 0.15) is 12.6 Å². The molecule has 0 aliphatic heterocycles. The Morgan fingerprint density at radius 3 is 1.45 bits per heavy atom. The Morgan fingerprint density at radius 2 is 1.00 bits per heavy atom. The number of rotatable bonds is 24. The van der Waals surface area contributed by atoms with E-state index in [9.17, 15) is 84.2 Å². The molecule has 0 aromatic heterocycles. The monoisotopic (exact) mass is 767 g/mol. The van der Waals surface area contributed by atoms with E-state index in [4.69, 9.17) is 24.7 Å². The second-order valence-corrected chi connectivity index (χ2v) is 9.72. The van der Waals surface area contributed by atoms with E-state index in [1.54, 1.807) is 5.32 Å². The second kappa shape index (κ2) is 17.7. The molecular formula is C23H30F17N3O6. The van der Waals surface area contributed by atoms with Gasteiger partial charge < -0.3 is 35.3 Å². The van der Waals surface area contributed by atoms with Gasteiger partial charge in [-0.2, -0.15) is 74.6 Å². The van der Waals surface area contributed by atoms with Crippen LogP contribution in [0.4, 0.5) is 74.6 Å². The van der Waals surface area contributed by atoms with Crippen molar-refractivity contribution in [2.24, 2.45) is 5.73 Å². The lowest BCUT2D eigenvalue weighted by atomic mass is 9.88. The topological polar surface area (TPSA) is 121 Å². The summed E-state index contributed by atoms with van der Waals surface area (Å²) in [5.41, 5.74) is 5.38. The zero-order valence-electron chi connectivity index (χ0n) is 24.8. The van der Waals surface area contributed by atoms with Crippen molar-refractivity contribution in [1.29, 1.82) is 0 Å². The van der Waals surface area contributed by atoms with E-state index < -0.39 is 98.0 Å². The van der Waals surface area contributed by atoms with Crippen molar-refractivity contribution in [3.05, 3.63) is 0 Å². The highest BCUT2D eigenvalue weighted by atomic mass is 19.4. The van der Waals surface area contributed by atoms with E-state index in [-0.39, 0.29) is 26.4 Å². The molecule has 0 heterocycles. The lowest BCUT2D eigenvalue weighted by Crippen LogP contribution is -2.74. The fourth-order valence-electron chi connectivity index (χ4n) is 3.12. The molecule has 0 fully saturated rings. The molecule has 9 nitrogen and oxygen atoms in total. The molecule has 0 spiro atoms. The molecule has 0 aromatic rings. The molecule has 0 aliphatic carbocycles. The molecule has 49 heavy (non-hydrogen) atoms. The van der Waals surface area contributed by atoms with Crippen molar-refractivity contribution in [3.8, 4) is 0 Å². The largest absolute Gasteiger partial charge is 0.460 e. The molecule has 4 N–H and O–H groups in total. The normalized spacial score (nSPS) is 14.9. The predicted octanol–water partition coefficient (Wildman–Crippen LogP) is 4.03. The molecule has 0 saturated carbocycles. The summed E-state index contributed by atoms with van der Waals surface area (Å²) in [4.78, 5) is 23.6. The van der Waals surface area contributed by atoms with Crippen LogP contribution in [0.2, 0.25) is 0 Å². The third-order valence-corrected chi connectivity index (χ3v) is 6.02. The van der Waals surface area contributed by atoms with Crippen LogP contribution in [-0.2, 0) is 28.5 Å². The number of amides is 2. The van der Waals surface area contributed by atoms with Crippen LogP contribution in [0.1, 0.15) is 12.8 Å². The van der Waals surface area contributed by atoms with Gasteiger partial charge in [-0.15, -0.1) is 0 Å². The Morgan fingerprint density at radius 1 is 0.592 bits per heavy atom. The molecule has 0 bridgehead atoms. The highest BCUT2D eigenvalue weighted by Gasteiger charge is 2.95. The van der Waals surface area contributed by atoms with Crippen LogP contribution in [-0.4, -0.2) is 132 Å². The summed E-state index contributed by atoms with van der Waals surface area (Å²) in [7, 11) is 1.48. The Labute approximate surface area is 265 Å². The number of nitrogens with one attached hydrogen (secondary N) is 2. The van der Waals surface area contributed by atoms with Crippen molar-refractivity contribution in [2.75, 3.05) is 66.4 Å². The number of hydrogen-bond acceptors (Lipinski definition) is 7. The number of hydrogen-bond donors (Lipinski definition) is 3. The first kappa shape index (κ1) is 46.5. The number of ether oxygens (including phenoxy) is 4. The number of carbonyl (C=O) groups is 2. The minimum Gasteiger partial charge on any atom is -0.382 e. The van der Waals surface area contributed by atoms with Gasteiger partial charge in [0.25, 0.3) is 0 Å². The number of carbonyl (C=O) groups excluding carboxylic acids is 2. The second-order valence-electron chi connectivity index (χ2n) is 9.72. The van der Waals surface area contributed by atoms with E-state index in [0.29, 0.717) is 13.2 Å². The summed E-state index contributed by atoms with van der Waals surface area (Å²) in [6.07, 6.45) is -12.1. The van der Waals surface area contributed by atoms with E-state index in [1.807, 2.05) is 0 Å². The first-order valence-electron chi connectivity index (χ1n) is 13.2. The van der Waals surface area contributed by atoms with Gasteiger partial charge >= 0.3 is 47.6 Å². The quantitative estimate of drug-likeness (QED) is 0.100. The molecule has 292 valence electrons. The van der Waals surface area contributed by atoms with Gasteiger partial charge in [-0.3, -0.25) is 9.59 Å². The Hall–Kier alpha value is -2.45. The summed E-state index contributed by atoms with van der Waals surface area (Å²) in [5.74, 6) is -59.1. The van der Waals surface area contributed by atoms with Crippen LogP contribution >= 0.6 is 0 Å². The van der Waals surface area contributed by atoms with Gasteiger partial charge in [0.15, 0.2) is 0 Å². The summed E-state index contributed by atoms with van der Waals surface area (Å²) >= 11 is 0. The van der Waals surface area contributed by atoms with Crippen LogP contribution in [0.15, 0.2) is 0 Å². The Kier molecular flexibility index (Phi) is 16.8. The maximum atomic E-state index is 13.9. The maximum Gasteiger partial charge on any atom is 0.460 e. The fourth-order valence-corrected chi connectivity index (χ4v) is 3.12. The minimum atomic E-state index is -8.71. The molecule has 0 rings (SSSR count). The molecule has 0 aromatic carbocycles. The van der Waals surface area contributed by atoms with Crippen LogP contribution in [0.3, 0.4) is 0 Å². The van der Waals surface area contributed by atoms with Crippen molar-refractivity contribution in [2.45, 2.75) is 66.5 Å². The predicted molar refractivity (Wildman–Crippen MR) is 128 cm³/mol. The van der Waals surface area contributed by atoms with E-state index in [1.165, 1.54) is 7.11 Å². The fraction of sp³-hybridized carbons (Fsp3) is 0.913. The van der Waals surface area contributed by atoms with Gasteiger partial charge in [-0.05, 0) is 6.42 Å². The third-order valence-electron chi connectivity index (χ3n) is 6.02. The summed E-state index contributed by atoms with van der Waals surface area (Å²) in [6, 6.07) is -1.69. The zero-order chi connectivity index (χ0) is 38.8. The standard InChI is InChI=1S/C23H30F17N3O6/c1-46-5-6-47-7-8-48-9-10-49-12-14(44)43-11-13(41)15(45)42-4-2-3-16(24,25)17(26,27)18(28,29)19(30,31)20(32,33)21(34,35)22(36,37)23(38,39)40/h13H,2-12,41H2,1H3,(H,42,45)(H,43,44). The number of alkyl halides is 17. The van der Waals surface area contributed by atoms with Crippen molar-refractivity contribution in [3.63, 3.8) is 0 Å². The maximum absolute atomic E-state index is 13.9. The summed E-state index contributed by atoms with van der Waals surface area (Å²) < 4.78 is 246. The molecule has 2 amide bonds. The lowest BCUT2D eigenvalue weighted by Gasteiger charge is -2.42. The Bertz CT molecular complexity index is 1050. The number of nitrogens with two attached hydrogens (primary N) is 1. The smallest absolute Gasteiger partial charge is 0.382 e. The molecular weight excluding hydrogens is 737 g/mol. The van der Waals surface area contributed by atoms with Gasteiger partial charge in [-0.1, -0.05) is 0 Å². The first-order chi connectivity index (χ1) is 22.0. The summed E-state index contributed by atoms with van der Waals surface area (Å²) in [6.45, 7) is -1.28. The number of methoxy groups -OCH3 is 1. The van der Waals surface area contributed by atoms with Gasteiger partial charge in [0.2, 0.25) is 11.8 Å². The van der Waals surface area contributed by atoms with Crippen LogP contribution in [0, 0.1) is 0 Å². The average Bonchev–Trinajstić information content (AvgIpc) is 2.97. The highest BCUT2D eigenvalue weighted by Crippen LogP contribution is 2.64. The van der Waals surface area contributed by atoms with Crippen molar-refractivity contribution < 1.29 is 103 Å². The lowest BCUT2D eigenvalue weighted by molar-refractivity contribution is -0.461.